The molecule has 0 radical (unpaired) electrons. The van der Waals surface area contributed by atoms with Crippen molar-refractivity contribution in [3.63, 3.8) is 0 Å². The maximum Gasteiger partial charge on any atom is 0.260 e. The molecule has 1 aliphatic heterocycles. The molecule has 4 aromatic rings. The standard InChI is InChI=1S/C28H30N4O3S2/c1-19-10-11-20(2)26-25(19)30-28(36-26)31(18-23-9-4-6-16-29-23)27(33)22-12-14-24(15-13-22)37(34,35)32-17-7-5-8-21(32)3/h4,6,9-16,21H,5,7-8,17-18H2,1-3H3. The summed E-state index contributed by atoms with van der Waals surface area (Å²) in [6.45, 7) is 6.78. The van der Waals surface area contributed by atoms with Gasteiger partial charge in [-0.05, 0) is 81.1 Å². The summed E-state index contributed by atoms with van der Waals surface area (Å²) in [5.74, 6) is -0.254. The van der Waals surface area contributed by atoms with Crippen molar-refractivity contribution in [3.05, 3.63) is 83.2 Å². The van der Waals surface area contributed by atoms with Crippen molar-refractivity contribution in [2.75, 3.05) is 11.4 Å². The average Bonchev–Trinajstić information content (AvgIpc) is 3.37. The Morgan fingerprint density at radius 1 is 1.05 bits per heavy atom. The Morgan fingerprint density at radius 3 is 2.49 bits per heavy atom. The lowest BCUT2D eigenvalue weighted by Crippen LogP contribution is -2.41. The number of thiazole rings is 1. The maximum atomic E-state index is 13.8. The SMILES string of the molecule is Cc1ccc(C)c2sc(N(Cc3ccccn3)C(=O)c3ccc(S(=O)(=O)N4CCCCC4C)cc3)nc12. The molecule has 1 aliphatic rings. The molecular formula is C28H30N4O3S2. The van der Waals surface area contributed by atoms with Crippen molar-refractivity contribution in [2.45, 2.75) is 57.5 Å². The van der Waals surface area contributed by atoms with Gasteiger partial charge in [-0.25, -0.2) is 13.4 Å². The number of fused-ring (bicyclic) bond motifs is 1. The number of carbonyl (C=O) groups excluding carboxylic acids is 1. The van der Waals surface area contributed by atoms with E-state index in [1.54, 1.807) is 27.5 Å². The second-order valence-corrected chi connectivity index (χ2v) is 12.4. The first-order chi connectivity index (χ1) is 17.8. The molecular weight excluding hydrogens is 504 g/mol. The largest absolute Gasteiger partial charge is 0.278 e. The molecule has 1 unspecified atom stereocenters. The van der Waals surface area contributed by atoms with E-state index in [0.717, 1.165) is 46.3 Å². The van der Waals surface area contributed by atoms with Crippen molar-refractivity contribution in [3.8, 4) is 0 Å². The molecule has 1 atom stereocenters. The molecule has 1 fully saturated rings. The Labute approximate surface area is 221 Å². The molecule has 1 amide bonds. The van der Waals surface area contributed by atoms with Crippen LogP contribution in [0.3, 0.4) is 0 Å². The van der Waals surface area contributed by atoms with Crippen molar-refractivity contribution < 1.29 is 13.2 Å². The van der Waals surface area contributed by atoms with Crippen LogP contribution in [0, 0.1) is 13.8 Å². The third-order valence-electron chi connectivity index (χ3n) is 6.90. The molecule has 1 saturated heterocycles. The zero-order valence-corrected chi connectivity index (χ0v) is 22.8. The second-order valence-electron chi connectivity index (χ2n) is 9.57. The van der Waals surface area contributed by atoms with E-state index in [1.807, 2.05) is 45.0 Å². The Bertz CT molecular complexity index is 1490. The Balaban J connectivity index is 1.49. The first kappa shape index (κ1) is 25.5. The third kappa shape index (κ3) is 5.03. The number of hydrogen-bond acceptors (Lipinski definition) is 6. The molecule has 2 aromatic carbocycles. The van der Waals surface area contributed by atoms with Gasteiger partial charge in [0.05, 0.1) is 27.4 Å². The Morgan fingerprint density at radius 2 is 1.81 bits per heavy atom. The highest BCUT2D eigenvalue weighted by atomic mass is 32.2. The predicted molar refractivity (Wildman–Crippen MR) is 147 cm³/mol. The lowest BCUT2D eigenvalue weighted by atomic mass is 10.1. The van der Waals surface area contributed by atoms with Gasteiger partial charge in [0.25, 0.3) is 5.91 Å². The first-order valence-corrected chi connectivity index (χ1v) is 14.7. The number of piperidine rings is 1. The number of aryl methyl sites for hydroxylation is 2. The fraction of sp³-hybridized carbons (Fsp3) is 0.321. The molecule has 9 heteroatoms. The Hall–Kier alpha value is -3.14. The first-order valence-electron chi connectivity index (χ1n) is 12.5. The fourth-order valence-electron chi connectivity index (χ4n) is 4.73. The number of sulfonamides is 1. The number of pyridine rings is 1. The minimum atomic E-state index is -3.61. The smallest absolute Gasteiger partial charge is 0.260 e. The van der Waals surface area contributed by atoms with Crippen molar-refractivity contribution in [1.29, 1.82) is 0 Å². The number of anilines is 1. The van der Waals surface area contributed by atoms with Gasteiger partial charge in [-0.15, -0.1) is 0 Å². The summed E-state index contributed by atoms with van der Waals surface area (Å²) in [5.41, 5.74) is 4.18. The van der Waals surface area contributed by atoms with Crippen molar-refractivity contribution in [2.24, 2.45) is 0 Å². The molecule has 0 saturated carbocycles. The Kier molecular flexibility index (Phi) is 7.11. The molecule has 0 N–H and O–H groups in total. The number of amides is 1. The van der Waals surface area contributed by atoms with Crippen LogP contribution in [0.4, 0.5) is 5.13 Å². The van der Waals surface area contributed by atoms with Gasteiger partial charge in [0.2, 0.25) is 10.0 Å². The van der Waals surface area contributed by atoms with Crippen LogP contribution >= 0.6 is 11.3 Å². The van der Waals surface area contributed by atoms with E-state index in [0.29, 0.717) is 17.2 Å². The molecule has 0 bridgehead atoms. The number of nitrogens with zero attached hydrogens (tertiary/aromatic N) is 4. The zero-order chi connectivity index (χ0) is 26.2. The van der Waals surface area contributed by atoms with Crippen molar-refractivity contribution >= 4 is 42.6 Å². The predicted octanol–water partition coefficient (Wildman–Crippen LogP) is 5.72. The van der Waals surface area contributed by atoms with Crippen LogP contribution in [0.2, 0.25) is 0 Å². The van der Waals surface area contributed by atoms with E-state index in [1.165, 1.54) is 23.5 Å². The van der Waals surface area contributed by atoms with Gasteiger partial charge in [0.15, 0.2) is 5.13 Å². The molecule has 192 valence electrons. The van der Waals surface area contributed by atoms with Crippen LogP contribution < -0.4 is 4.90 Å². The summed E-state index contributed by atoms with van der Waals surface area (Å²) < 4.78 is 29.1. The highest BCUT2D eigenvalue weighted by Gasteiger charge is 2.31. The number of rotatable bonds is 6. The van der Waals surface area contributed by atoms with E-state index in [-0.39, 0.29) is 23.4 Å². The summed E-state index contributed by atoms with van der Waals surface area (Å²) in [5, 5.41) is 0.585. The second kappa shape index (κ2) is 10.3. The maximum absolute atomic E-state index is 13.8. The average molecular weight is 535 g/mol. The highest BCUT2D eigenvalue weighted by Crippen LogP contribution is 2.34. The summed E-state index contributed by atoms with van der Waals surface area (Å²) in [6, 6.07) is 15.9. The zero-order valence-electron chi connectivity index (χ0n) is 21.2. The topological polar surface area (TPSA) is 83.5 Å². The number of carbonyl (C=O) groups is 1. The quantitative estimate of drug-likeness (QED) is 0.316. The van der Waals surface area contributed by atoms with Crippen LogP contribution in [0.15, 0.2) is 65.7 Å². The molecule has 7 nitrogen and oxygen atoms in total. The molecule has 5 rings (SSSR count). The van der Waals surface area contributed by atoms with E-state index in [4.69, 9.17) is 4.98 Å². The van der Waals surface area contributed by atoms with Gasteiger partial charge < -0.3 is 0 Å². The van der Waals surface area contributed by atoms with E-state index in [2.05, 4.69) is 11.1 Å². The lowest BCUT2D eigenvalue weighted by molar-refractivity contribution is 0.0984. The molecule has 0 aliphatic carbocycles. The van der Waals surface area contributed by atoms with Gasteiger partial charge in [-0.1, -0.05) is 36.0 Å². The molecule has 0 spiro atoms. The van der Waals surface area contributed by atoms with Crippen LogP contribution in [0.5, 0.6) is 0 Å². The van der Waals surface area contributed by atoms with Crippen LogP contribution in [-0.4, -0.2) is 41.2 Å². The molecule has 37 heavy (non-hydrogen) atoms. The minimum absolute atomic E-state index is 0.0279. The minimum Gasteiger partial charge on any atom is -0.278 e. The monoisotopic (exact) mass is 534 g/mol. The van der Waals surface area contributed by atoms with Crippen molar-refractivity contribution in [1.82, 2.24) is 14.3 Å². The molecule has 3 heterocycles. The third-order valence-corrected chi connectivity index (χ3v) is 10.1. The van der Waals surface area contributed by atoms with Crippen LogP contribution in [0.25, 0.3) is 10.2 Å². The number of hydrogen-bond donors (Lipinski definition) is 0. The van der Waals surface area contributed by atoms with E-state index in [9.17, 15) is 13.2 Å². The van der Waals surface area contributed by atoms with Gasteiger partial charge in [0.1, 0.15) is 0 Å². The summed E-state index contributed by atoms with van der Waals surface area (Å²) in [4.78, 5) is 24.9. The summed E-state index contributed by atoms with van der Waals surface area (Å²) in [6.07, 6.45) is 4.46. The van der Waals surface area contributed by atoms with E-state index < -0.39 is 10.0 Å². The van der Waals surface area contributed by atoms with Gasteiger partial charge in [-0.3, -0.25) is 14.7 Å². The summed E-state index contributed by atoms with van der Waals surface area (Å²) in [7, 11) is -3.61. The van der Waals surface area contributed by atoms with Gasteiger partial charge in [-0.2, -0.15) is 4.31 Å². The van der Waals surface area contributed by atoms with E-state index >= 15 is 0 Å². The normalized spacial score (nSPS) is 16.7. The fourth-order valence-corrected chi connectivity index (χ4v) is 7.54. The van der Waals surface area contributed by atoms with Crippen LogP contribution in [-0.2, 0) is 16.6 Å². The molecule has 2 aromatic heterocycles. The van der Waals surface area contributed by atoms with Gasteiger partial charge >= 0.3 is 0 Å². The lowest BCUT2D eigenvalue weighted by Gasteiger charge is -2.32. The van der Waals surface area contributed by atoms with Gasteiger partial charge in [0, 0.05) is 24.3 Å². The highest BCUT2D eigenvalue weighted by molar-refractivity contribution is 7.89. The number of aromatic nitrogens is 2. The number of benzene rings is 2. The summed E-state index contributed by atoms with van der Waals surface area (Å²) >= 11 is 1.48. The van der Waals surface area contributed by atoms with Crippen LogP contribution in [0.1, 0.15) is 53.4 Å².